The minimum absolute atomic E-state index is 0.148. The molecule has 5 nitrogen and oxygen atoms in total. The summed E-state index contributed by atoms with van der Waals surface area (Å²) in [4.78, 5) is 2.07. The number of aliphatic hydroxyl groups excluding tert-OH is 1. The van der Waals surface area contributed by atoms with Gasteiger partial charge in [0, 0.05) is 24.7 Å². The second-order valence-electron chi connectivity index (χ2n) is 6.92. The molecule has 28 heavy (non-hydrogen) atoms. The largest absolute Gasteiger partial charge is 0.392 e. The summed E-state index contributed by atoms with van der Waals surface area (Å²) in [6.07, 6.45) is 1.31. The average molecular weight is 402 g/mol. The van der Waals surface area contributed by atoms with Gasteiger partial charge in [0.25, 0.3) is 0 Å². The molecule has 0 aliphatic carbocycles. The first kappa shape index (κ1) is 18.9. The van der Waals surface area contributed by atoms with Crippen molar-refractivity contribution >= 4 is 12.2 Å². The van der Waals surface area contributed by atoms with E-state index in [1.165, 1.54) is 16.7 Å². The van der Waals surface area contributed by atoms with E-state index in [2.05, 4.69) is 10.00 Å². The summed E-state index contributed by atoms with van der Waals surface area (Å²) in [5, 5.41) is 14.5. The van der Waals surface area contributed by atoms with Gasteiger partial charge in [0.2, 0.25) is 4.77 Å². The Morgan fingerprint density at radius 3 is 2.64 bits per heavy atom. The molecule has 3 aromatic rings. The van der Waals surface area contributed by atoms with Gasteiger partial charge in [-0.3, -0.25) is 9.47 Å². The van der Waals surface area contributed by atoms with Crippen LogP contribution in [0.15, 0.2) is 48.5 Å². The maximum atomic E-state index is 14.5. The summed E-state index contributed by atoms with van der Waals surface area (Å²) in [7, 11) is 0. The lowest BCUT2D eigenvalue weighted by atomic mass is 10.1. The van der Waals surface area contributed by atoms with Crippen LogP contribution in [0.4, 0.5) is 8.78 Å². The van der Waals surface area contributed by atoms with Crippen LogP contribution in [0.3, 0.4) is 0 Å². The van der Waals surface area contributed by atoms with E-state index in [9.17, 15) is 13.9 Å². The quantitative estimate of drug-likeness (QED) is 0.675. The molecule has 0 radical (unpaired) electrons. The highest BCUT2D eigenvalue weighted by molar-refractivity contribution is 7.71. The minimum atomic E-state index is -0.707. The van der Waals surface area contributed by atoms with Crippen molar-refractivity contribution in [3.63, 3.8) is 0 Å². The molecular weight excluding hydrogens is 382 g/mol. The Hall–Kier alpha value is -2.42. The second-order valence-corrected chi connectivity index (χ2v) is 7.28. The normalized spacial score (nSPS) is 17.8. The highest BCUT2D eigenvalue weighted by atomic mass is 32.1. The first-order valence-corrected chi connectivity index (χ1v) is 9.55. The topological polar surface area (TPSA) is 46.2 Å². The zero-order chi connectivity index (χ0) is 19.7. The van der Waals surface area contributed by atoms with Crippen LogP contribution in [0.5, 0.6) is 0 Å². The molecule has 2 heterocycles. The summed E-state index contributed by atoms with van der Waals surface area (Å²) >= 11 is 5.60. The molecule has 0 amide bonds. The van der Waals surface area contributed by atoms with Crippen LogP contribution in [-0.2, 0) is 6.67 Å². The van der Waals surface area contributed by atoms with E-state index in [4.69, 9.17) is 12.2 Å². The first-order chi connectivity index (χ1) is 13.5. The Morgan fingerprint density at radius 1 is 1.14 bits per heavy atom. The number of aliphatic hydroxyl groups is 1. The maximum absolute atomic E-state index is 14.5. The molecule has 1 aromatic heterocycles. The molecule has 4 rings (SSSR count). The van der Waals surface area contributed by atoms with Gasteiger partial charge in [-0.05, 0) is 37.2 Å². The highest BCUT2D eigenvalue weighted by Crippen LogP contribution is 2.25. The number of benzene rings is 2. The third-order valence-corrected chi connectivity index (χ3v) is 5.23. The fourth-order valence-corrected chi connectivity index (χ4v) is 3.79. The average Bonchev–Trinajstić information content (AvgIpc) is 2.99. The minimum Gasteiger partial charge on any atom is -0.392 e. The molecule has 0 spiro atoms. The van der Waals surface area contributed by atoms with Crippen molar-refractivity contribution in [3.05, 3.63) is 64.9 Å². The zero-order valence-electron chi connectivity index (χ0n) is 15.1. The highest BCUT2D eigenvalue weighted by Gasteiger charge is 2.21. The number of β-amino-alcohol motifs (C(OH)–C–C–N with tert-alkyl or cyclic N) is 1. The molecule has 1 fully saturated rings. The molecular formula is C20H20F2N4OS. The van der Waals surface area contributed by atoms with E-state index >= 15 is 0 Å². The lowest BCUT2D eigenvalue weighted by Gasteiger charge is -2.29. The van der Waals surface area contributed by atoms with Gasteiger partial charge in [0.1, 0.15) is 11.6 Å². The SMILES string of the molecule is O[C@H]1CCCN(Cn2nc(-c3ccccc3)n(-c3ccc(F)cc3F)c2=S)C1. The van der Waals surface area contributed by atoms with E-state index < -0.39 is 11.6 Å². The van der Waals surface area contributed by atoms with Crippen molar-refractivity contribution in [3.8, 4) is 17.1 Å². The van der Waals surface area contributed by atoms with Crippen molar-refractivity contribution in [1.29, 1.82) is 0 Å². The van der Waals surface area contributed by atoms with Crippen LogP contribution < -0.4 is 0 Å². The molecule has 0 bridgehead atoms. The molecule has 1 saturated heterocycles. The molecule has 2 aromatic carbocycles. The fourth-order valence-electron chi connectivity index (χ4n) is 3.50. The van der Waals surface area contributed by atoms with Gasteiger partial charge < -0.3 is 5.11 Å². The van der Waals surface area contributed by atoms with Gasteiger partial charge >= 0.3 is 0 Å². The Labute approximate surface area is 166 Å². The van der Waals surface area contributed by atoms with Crippen LogP contribution in [0, 0.1) is 16.4 Å². The molecule has 1 aliphatic rings. The van der Waals surface area contributed by atoms with E-state index in [1.807, 2.05) is 30.3 Å². The second kappa shape index (κ2) is 7.90. The molecule has 8 heteroatoms. The van der Waals surface area contributed by atoms with Crippen molar-refractivity contribution in [2.75, 3.05) is 13.1 Å². The summed E-state index contributed by atoms with van der Waals surface area (Å²) in [5.41, 5.74) is 0.921. The number of hydrogen-bond donors (Lipinski definition) is 1. The predicted octanol–water partition coefficient (Wildman–Crippen LogP) is 3.76. The van der Waals surface area contributed by atoms with E-state index in [0.717, 1.165) is 31.0 Å². The van der Waals surface area contributed by atoms with Gasteiger partial charge in [-0.1, -0.05) is 30.3 Å². The van der Waals surface area contributed by atoms with Gasteiger partial charge in [-0.2, -0.15) is 0 Å². The fraction of sp³-hybridized carbons (Fsp3) is 0.300. The van der Waals surface area contributed by atoms with Crippen LogP contribution >= 0.6 is 12.2 Å². The Kier molecular flexibility index (Phi) is 5.34. The molecule has 146 valence electrons. The summed E-state index contributed by atoms with van der Waals surface area (Å²) < 4.78 is 31.4. The van der Waals surface area contributed by atoms with E-state index in [0.29, 0.717) is 23.8 Å². The first-order valence-electron chi connectivity index (χ1n) is 9.14. The summed E-state index contributed by atoms with van der Waals surface area (Å²) in [6, 6.07) is 12.7. The van der Waals surface area contributed by atoms with Gasteiger partial charge in [-0.15, -0.1) is 5.10 Å². The van der Waals surface area contributed by atoms with Crippen LogP contribution in [0.25, 0.3) is 17.1 Å². The van der Waals surface area contributed by atoms with Crippen LogP contribution in [0.1, 0.15) is 12.8 Å². The third kappa shape index (κ3) is 3.76. The lowest BCUT2D eigenvalue weighted by molar-refractivity contribution is 0.0513. The summed E-state index contributed by atoms with van der Waals surface area (Å²) in [5.74, 6) is -0.876. The molecule has 1 atom stereocenters. The maximum Gasteiger partial charge on any atom is 0.204 e. The molecule has 0 unspecified atom stereocenters. The standard InChI is InChI=1S/C20H20F2N4OS/c21-15-8-9-18(17(22)11-15)26-19(14-5-2-1-3-6-14)23-25(20(26)28)13-24-10-4-7-16(27)12-24/h1-3,5-6,8-9,11,16,27H,4,7,10,12-13H2/t16-/m0/s1. The number of aromatic nitrogens is 3. The Bertz CT molecular complexity index is 1030. The number of likely N-dealkylation sites (tertiary alicyclic amines) is 1. The van der Waals surface area contributed by atoms with Gasteiger partial charge in [-0.25, -0.2) is 13.5 Å². The van der Waals surface area contributed by atoms with Crippen molar-refractivity contribution in [2.45, 2.75) is 25.6 Å². The lowest BCUT2D eigenvalue weighted by Crippen LogP contribution is -2.39. The number of nitrogens with zero attached hydrogens (tertiary/aromatic N) is 4. The monoisotopic (exact) mass is 402 g/mol. The van der Waals surface area contributed by atoms with Crippen LogP contribution in [-0.4, -0.2) is 43.5 Å². The summed E-state index contributed by atoms with van der Waals surface area (Å²) in [6.45, 7) is 1.77. The van der Waals surface area contributed by atoms with E-state index in [1.54, 1.807) is 4.68 Å². The number of rotatable bonds is 4. The molecule has 1 aliphatic heterocycles. The Balaban J connectivity index is 1.81. The van der Waals surface area contributed by atoms with E-state index in [-0.39, 0.29) is 11.8 Å². The van der Waals surface area contributed by atoms with Gasteiger partial charge in [0.15, 0.2) is 5.82 Å². The smallest absolute Gasteiger partial charge is 0.204 e. The van der Waals surface area contributed by atoms with Crippen LogP contribution in [0.2, 0.25) is 0 Å². The Morgan fingerprint density at radius 2 is 1.93 bits per heavy atom. The molecule has 1 N–H and O–H groups in total. The number of hydrogen-bond acceptors (Lipinski definition) is 4. The number of piperidine rings is 1. The predicted molar refractivity (Wildman–Crippen MR) is 105 cm³/mol. The third-order valence-electron chi connectivity index (χ3n) is 4.84. The van der Waals surface area contributed by atoms with Crippen molar-refractivity contribution in [1.82, 2.24) is 19.2 Å². The van der Waals surface area contributed by atoms with Crippen molar-refractivity contribution < 1.29 is 13.9 Å². The molecule has 0 saturated carbocycles. The zero-order valence-corrected chi connectivity index (χ0v) is 15.9. The van der Waals surface area contributed by atoms with Crippen molar-refractivity contribution in [2.24, 2.45) is 0 Å². The number of halogens is 2. The van der Waals surface area contributed by atoms with Gasteiger partial charge in [0.05, 0.1) is 18.5 Å².